The maximum Gasteiger partial charge on any atom is 0.257 e. The van der Waals surface area contributed by atoms with Crippen LogP contribution in [-0.4, -0.2) is 21.0 Å². The molecule has 23 heavy (non-hydrogen) atoms. The Morgan fingerprint density at radius 3 is 2.65 bits per heavy atom. The molecule has 6 heteroatoms. The molecule has 1 aromatic carbocycles. The van der Waals surface area contributed by atoms with Crippen molar-refractivity contribution in [2.75, 3.05) is 0 Å². The Morgan fingerprint density at radius 1 is 1.26 bits per heavy atom. The van der Waals surface area contributed by atoms with E-state index in [1.54, 1.807) is 20.0 Å². The van der Waals surface area contributed by atoms with Gasteiger partial charge in [0.1, 0.15) is 17.1 Å². The van der Waals surface area contributed by atoms with Crippen LogP contribution in [0.15, 0.2) is 41.1 Å². The molecule has 0 saturated heterocycles. The highest BCUT2D eigenvalue weighted by molar-refractivity contribution is 5.96. The van der Waals surface area contributed by atoms with Gasteiger partial charge in [0.2, 0.25) is 0 Å². The second-order valence-electron chi connectivity index (χ2n) is 5.44. The van der Waals surface area contributed by atoms with Gasteiger partial charge in [0, 0.05) is 0 Å². The Hall–Kier alpha value is -2.89. The summed E-state index contributed by atoms with van der Waals surface area (Å²) in [5, 5.41) is 6.71. The minimum Gasteiger partial charge on any atom is -0.361 e. The average molecular weight is 310 g/mol. The van der Waals surface area contributed by atoms with Crippen molar-refractivity contribution in [2.45, 2.75) is 26.8 Å². The molecule has 0 bridgehead atoms. The first-order valence-electron chi connectivity index (χ1n) is 7.40. The fraction of sp³-hybridized carbons (Fsp3) is 0.235. The lowest BCUT2D eigenvalue weighted by molar-refractivity contribution is 0.0936. The van der Waals surface area contributed by atoms with Crippen molar-refractivity contribution in [3.8, 4) is 11.3 Å². The summed E-state index contributed by atoms with van der Waals surface area (Å²) in [6, 6.07) is 9.66. The predicted octanol–water partition coefficient (Wildman–Crippen LogP) is 3.17. The van der Waals surface area contributed by atoms with Crippen molar-refractivity contribution in [1.29, 1.82) is 0 Å². The molecule has 1 amide bonds. The zero-order chi connectivity index (χ0) is 16.4. The van der Waals surface area contributed by atoms with E-state index < -0.39 is 0 Å². The number of carbonyl (C=O) groups is 1. The fourth-order valence-corrected chi connectivity index (χ4v) is 2.47. The fourth-order valence-electron chi connectivity index (χ4n) is 2.47. The number of rotatable bonds is 4. The number of hydrogen-bond donors (Lipinski definition) is 2. The van der Waals surface area contributed by atoms with E-state index in [0.717, 1.165) is 11.3 Å². The summed E-state index contributed by atoms with van der Waals surface area (Å²) in [6.07, 6.45) is 1.77. The van der Waals surface area contributed by atoms with Crippen LogP contribution in [0.25, 0.3) is 11.3 Å². The lowest BCUT2D eigenvalue weighted by atomic mass is 10.1. The molecule has 2 N–H and O–H groups in total. The average Bonchev–Trinajstić information content (AvgIpc) is 3.15. The van der Waals surface area contributed by atoms with Gasteiger partial charge in [-0.25, -0.2) is 4.98 Å². The van der Waals surface area contributed by atoms with Gasteiger partial charge in [0.05, 0.1) is 23.6 Å². The van der Waals surface area contributed by atoms with E-state index >= 15 is 0 Å². The molecule has 1 atom stereocenters. The first-order chi connectivity index (χ1) is 11.1. The van der Waals surface area contributed by atoms with Crippen LogP contribution in [0.3, 0.4) is 0 Å². The van der Waals surface area contributed by atoms with E-state index in [-0.39, 0.29) is 11.9 Å². The summed E-state index contributed by atoms with van der Waals surface area (Å²) in [5.74, 6) is 0.993. The van der Waals surface area contributed by atoms with Crippen LogP contribution in [-0.2, 0) is 0 Å². The number of aromatic nitrogens is 3. The number of nitrogens with one attached hydrogen (secondary N) is 2. The van der Waals surface area contributed by atoms with Crippen molar-refractivity contribution in [2.24, 2.45) is 0 Å². The number of hydrogen-bond acceptors (Lipinski definition) is 4. The van der Waals surface area contributed by atoms with E-state index in [1.807, 2.05) is 37.3 Å². The summed E-state index contributed by atoms with van der Waals surface area (Å²) in [4.78, 5) is 20.0. The number of carbonyl (C=O) groups excluding carboxylic acids is 1. The third kappa shape index (κ3) is 3.01. The van der Waals surface area contributed by atoms with Gasteiger partial charge in [-0.2, -0.15) is 0 Å². The summed E-state index contributed by atoms with van der Waals surface area (Å²) >= 11 is 0. The summed E-state index contributed by atoms with van der Waals surface area (Å²) in [6.45, 7) is 5.35. The Bertz CT molecular complexity index is 801. The van der Waals surface area contributed by atoms with Crippen molar-refractivity contribution in [3.63, 3.8) is 0 Å². The van der Waals surface area contributed by atoms with Gasteiger partial charge in [-0.15, -0.1) is 0 Å². The Labute approximate surface area is 133 Å². The first kappa shape index (κ1) is 15.0. The van der Waals surface area contributed by atoms with E-state index in [4.69, 9.17) is 4.52 Å². The maximum absolute atomic E-state index is 12.4. The number of aromatic amines is 1. The van der Waals surface area contributed by atoms with Gasteiger partial charge in [0.15, 0.2) is 0 Å². The molecule has 0 spiro atoms. The minimum atomic E-state index is -0.256. The third-order valence-electron chi connectivity index (χ3n) is 3.70. The highest BCUT2D eigenvalue weighted by atomic mass is 16.5. The van der Waals surface area contributed by atoms with Crippen molar-refractivity contribution in [1.82, 2.24) is 20.4 Å². The molecule has 0 aliphatic carbocycles. The van der Waals surface area contributed by atoms with Gasteiger partial charge in [-0.05, 0) is 26.3 Å². The van der Waals surface area contributed by atoms with Gasteiger partial charge in [0.25, 0.3) is 5.91 Å². The van der Waals surface area contributed by atoms with Gasteiger partial charge in [-0.3, -0.25) is 4.79 Å². The van der Waals surface area contributed by atoms with Crippen LogP contribution in [0.1, 0.15) is 40.6 Å². The molecule has 0 aliphatic rings. The number of benzene rings is 1. The quantitative estimate of drug-likeness (QED) is 0.775. The number of nitrogens with zero attached hydrogens (tertiary/aromatic N) is 2. The van der Waals surface area contributed by atoms with Crippen LogP contribution in [0.2, 0.25) is 0 Å². The number of imidazole rings is 1. The lowest BCUT2D eigenvalue weighted by Crippen LogP contribution is -2.28. The zero-order valence-electron chi connectivity index (χ0n) is 13.3. The maximum atomic E-state index is 12.4. The molecule has 0 fully saturated rings. The molecule has 0 aliphatic heterocycles. The number of H-pyrrole nitrogens is 1. The second-order valence-corrected chi connectivity index (χ2v) is 5.44. The number of aryl methyl sites for hydroxylation is 2. The van der Waals surface area contributed by atoms with Crippen molar-refractivity contribution >= 4 is 5.91 Å². The summed E-state index contributed by atoms with van der Waals surface area (Å²) < 4.78 is 5.03. The minimum absolute atomic E-state index is 0.216. The SMILES string of the molecule is Cc1noc(C)c1C(=O)NC(C)c1ncc(-c2ccccc2)[nH]1. The standard InChI is InChI=1S/C17H18N4O2/c1-10-15(12(3)23-21-10)17(22)19-11(2)16-18-9-14(20-16)13-7-5-4-6-8-13/h4-9,11H,1-3H3,(H,18,20)(H,19,22). The Kier molecular flexibility index (Phi) is 3.97. The third-order valence-corrected chi connectivity index (χ3v) is 3.70. The largest absolute Gasteiger partial charge is 0.361 e. The Balaban J connectivity index is 1.75. The summed E-state index contributed by atoms with van der Waals surface area (Å²) in [5.41, 5.74) is 3.03. The van der Waals surface area contributed by atoms with E-state index in [9.17, 15) is 4.79 Å². The van der Waals surface area contributed by atoms with Crippen molar-refractivity contribution in [3.05, 3.63) is 59.4 Å². The Morgan fingerprint density at radius 2 is 2.00 bits per heavy atom. The predicted molar refractivity (Wildman–Crippen MR) is 85.9 cm³/mol. The molecule has 0 saturated carbocycles. The zero-order valence-corrected chi connectivity index (χ0v) is 13.3. The highest BCUT2D eigenvalue weighted by Crippen LogP contribution is 2.19. The van der Waals surface area contributed by atoms with Crippen molar-refractivity contribution < 1.29 is 9.32 Å². The smallest absolute Gasteiger partial charge is 0.257 e. The van der Waals surface area contributed by atoms with E-state index in [0.29, 0.717) is 22.8 Å². The molecule has 6 nitrogen and oxygen atoms in total. The lowest BCUT2D eigenvalue weighted by Gasteiger charge is -2.11. The molecule has 0 radical (unpaired) electrons. The molecular formula is C17H18N4O2. The monoisotopic (exact) mass is 310 g/mol. The van der Waals surface area contributed by atoms with Crippen LogP contribution in [0, 0.1) is 13.8 Å². The molecule has 3 aromatic rings. The molecule has 1 unspecified atom stereocenters. The summed E-state index contributed by atoms with van der Waals surface area (Å²) in [7, 11) is 0. The molecule has 3 rings (SSSR count). The second kappa shape index (κ2) is 6.08. The van der Waals surface area contributed by atoms with E-state index in [1.165, 1.54) is 0 Å². The first-order valence-corrected chi connectivity index (χ1v) is 7.40. The molecular weight excluding hydrogens is 292 g/mol. The van der Waals surface area contributed by atoms with Gasteiger partial charge >= 0.3 is 0 Å². The number of amides is 1. The van der Waals surface area contributed by atoms with Crippen LogP contribution in [0.5, 0.6) is 0 Å². The van der Waals surface area contributed by atoms with Crippen LogP contribution < -0.4 is 5.32 Å². The molecule has 2 heterocycles. The molecule has 2 aromatic heterocycles. The normalized spacial score (nSPS) is 12.1. The van der Waals surface area contributed by atoms with Crippen LogP contribution in [0.4, 0.5) is 0 Å². The topological polar surface area (TPSA) is 83.8 Å². The van der Waals surface area contributed by atoms with Gasteiger partial charge in [-0.1, -0.05) is 35.5 Å². The highest BCUT2D eigenvalue weighted by Gasteiger charge is 2.20. The molecule has 118 valence electrons. The van der Waals surface area contributed by atoms with Crippen LogP contribution >= 0.6 is 0 Å². The van der Waals surface area contributed by atoms with Gasteiger partial charge < -0.3 is 14.8 Å². The van der Waals surface area contributed by atoms with E-state index in [2.05, 4.69) is 20.4 Å².